The van der Waals surface area contributed by atoms with Crippen LogP contribution < -0.4 is 10.2 Å². The van der Waals surface area contributed by atoms with Crippen LogP contribution in [0.15, 0.2) is 45.6 Å². The average Bonchev–Trinajstić information content (AvgIpc) is 3.32. The molecule has 0 unspecified atom stereocenters. The Bertz CT molecular complexity index is 758. The van der Waals surface area contributed by atoms with Crippen molar-refractivity contribution in [1.29, 1.82) is 0 Å². The first-order valence-corrected chi connectivity index (χ1v) is 8.01. The van der Waals surface area contributed by atoms with E-state index in [1.165, 1.54) is 0 Å². The number of rotatable bonds is 5. The van der Waals surface area contributed by atoms with Crippen LogP contribution in [0.1, 0.15) is 18.7 Å². The summed E-state index contributed by atoms with van der Waals surface area (Å²) in [5.74, 6) is 2.46. The molecular formula is C16H18N6O2. The highest BCUT2D eigenvalue weighted by molar-refractivity contribution is 5.42. The topological polar surface area (TPSA) is 93.1 Å². The number of anilines is 1. The molecule has 0 radical (unpaired) electrons. The van der Waals surface area contributed by atoms with Gasteiger partial charge in [0.1, 0.15) is 0 Å². The Balaban J connectivity index is 1.34. The Labute approximate surface area is 138 Å². The van der Waals surface area contributed by atoms with E-state index >= 15 is 0 Å². The molecule has 0 aromatic carbocycles. The van der Waals surface area contributed by atoms with Gasteiger partial charge in [0.15, 0.2) is 11.6 Å². The third kappa shape index (κ3) is 3.28. The lowest BCUT2D eigenvalue weighted by Gasteiger charge is -2.33. The fourth-order valence-electron chi connectivity index (χ4n) is 2.87. The number of nitrogens with one attached hydrogen (secondary N) is 1. The van der Waals surface area contributed by atoms with Crippen molar-refractivity contribution >= 4 is 5.82 Å². The van der Waals surface area contributed by atoms with Crippen LogP contribution in [0.2, 0.25) is 0 Å². The zero-order valence-electron chi connectivity index (χ0n) is 13.1. The molecule has 4 heterocycles. The van der Waals surface area contributed by atoms with Gasteiger partial charge in [0.2, 0.25) is 5.89 Å². The van der Waals surface area contributed by atoms with Crippen LogP contribution in [0.5, 0.6) is 0 Å². The van der Waals surface area contributed by atoms with Gasteiger partial charge >= 0.3 is 0 Å². The number of hydrogen-bond acceptors (Lipinski definition) is 8. The zero-order chi connectivity index (χ0) is 16.2. The van der Waals surface area contributed by atoms with Gasteiger partial charge in [-0.15, -0.1) is 15.3 Å². The van der Waals surface area contributed by atoms with Gasteiger partial charge in [0, 0.05) is 25.3 Å². The fraction of sp³-hybridized carbons (Fsp3) is 0.375. The fourth-order valence-corrected chi connectivity index (χ4v) is 2.87. The predicted molar refractivity (Wildman–Crippen MR) is 86.1 cm³/mol. The van der Waals surface area contributed by atoms with Gasteiger partial charge in [-0.05, 0) is 37.1 Å². The molecule has 1 fully saturated rings. The van der Waals surface area contributed by atoms with Gasteiger partial charge in [-0.2, -0.15) is 5.10 Å². The molecule has 8 heteroatoms. The lowest BCUT2D eigenvalue weighted by atomic mass is 10.1. The molecule has 0 spiro atoms. The highest BCUT2D eigenvalue weighted by Crippen LogP contribution is 2.19. The van der Waals surface area contributed by atoms with Gasteiger partial charge in [-0.3, -0.25) is 0 Å². The summed E-state index contributed by atoms with van der Waals surface area (Å²) in [5, 5.41) is 19.7. The van der Waals surface area contributed by atoms with E-state index in [-0.39, 0.29) is 0 Å². The Morgan fingerprint density at radius 1 is 1.21 bits per heavy atom. The second-order valence-corrected chi connectivity index (χ2v) is 5.73. The first-order chi connectivity index (χ1) is 11.9. The van der Waals surface area contributed by atoms with Crippen molar-refractivity contribution in [3.63, 3.8) is 0 Å². The summed E-state index contributed by atoms with van der Waals surface area (Å²) in [7, 11) is 0. The maximum Gasteiger partial charge on any atom is 0.283 e. The standard InChI is InChI=1S/C16H18N6O2/c1-6-14(19-18-7-1)22-8-2-4-12(11-22)17-10-15-20-21-16(24-15)13-5-3-9-23-13/h1,3,5-7,9,12,17H,2,4,8,10-11H2/t12-/m0/s1. The third-order valence-corrected chi connectivity index (χ3v) is 4.04. The van der Waals surface area contributed by atoms with Crippen LogP contribution in [0.3, 0.4) is 0 Å². The Morgan fingerprint density at radius 3 is 3.04 bits per heavy atom. The quantitative estimate of drug-likeness (QED) is 0.759. The molecule has 0 saturated carbocycles. The minimum absolute atomic E-state index is 0.347. The molecule has 1 aliphatic rings. The molecule has 3 aromatic rings. The SMILES string of the molecule is c1cnnc(N2CCC[C@H](NCc3nnc(-c4ccco4)o3)C2)c1. The molecule has 4 rings (SSSR count). The van der Waals surface area contributed by atoms with Crippen molar-refractivity contribution in [2.75, 3.05) is 18.0 Å². The van der Waals surface area contributed by atoms with Crippen LogP contribution in [-0.2, 0) is 6.54 Å². The molecular weight excluding hydrogens is 308 g/mol. The van der Waals surface area contributed by atoms with Crippen molar-refractivity contribution in [2.45, 2.75) is 25.4 Å². The minimum Gasteiger partial charge on any atom is -0.459 e. The molecule has 1 saturated heterocycles. The smallest absolute Gasteiger partial charge is 0.283 e. The second kappa shape index (κ2) is 6.79. The largest absolute Gasteiger partial charge is 0.459 e. The van der Waals surface area contributed by atoms with Crippen LogP contribution in [0, 0.1) is 0 Å². The van der Waals surface area contributed by atoms with E-state index in [0.29, 0.717) is 30.1 Å². The van der Waals surface area contributed by atoms with E-state index < -0.39 is 0 Å². The third-order valence-electron chi connectivity index (χ3n) is 4.04. The van der Waals surface area contributed by atoms with Crippen molar-refractivity contribution < 1.29 is 8.83 Å². The summed E-state index contributed by atoms with van der Waals surface area (Å²) in [4.78, 5) is 2.25. The molecule has 124 valence electrons. The zero-order valence-corrected chi connectivity index (χ0v) is 13.1. The van der Waals surface area contributed by atoms with E-state index in [0.717, 1.165) is 31.7 Å². The first kappa shape index (κ1) is 14.8. The van der Waals surface area contributed by atoms with E-state index in [1.54, 1.807) is 24.6 Å². The molecule has 0 bridgehead atoms. The van der Waals surface area contributed by atoms with Crippen molar-refractivity contribution in [3.8, 4) is 11.7 Å². The molecule has 24 heavy (non-hydrogen) atoms. The number of furan rings is 1. The summed E-state index contributed by atoms with van der Waals surface area (Å²) >= 11 is 0. The molecule has 1 aliphatic heterocycles. The normalized spacial score (nSPS) is 18.0. The minimum atomic E-state index is 0.347. The summed E-state index contributed by atoms with van der Waals surface area (Å²) in [5.41, 5.74) is 0. The van der Waals surface area contributed by atoms with Gasteiger partial charge in [-0.25, -0.2) is 0 Å². The molecule has 1 N–H and O–H groups in total. The number of aromatic nitrogens is 4. The predicted octanol–water partition coefficient (Wildman–Crippen LogP) is 1.88. The van der Waals surface area contributed by atoms with E-state index in [9.17, 15) is 0 Å². The first-order valence-electron chi connectivity index (χ1n) is 8.01. The summed E-state index contributed by atoms with van der Waals surface area (Å²) in [6, 6.07) is 7.84. The van der Waals surface area contributed by atoms with Gasteiger partial charge in [0.05, 0.1) is 12.8 Å². The highest BCUT2D eigenvalue weighted by atomic mass is 16.4. The Kier molecular flexibility index (Phi) is 4.20. The monoisotopic (exact) mass is 326 g/mol. The van der Waals surface area contributed by atoms with Crippen molar-refractivity contribution in [3.05, 3.63) is 42.6 Å². The van der Waals surface area contributed by atoms with Gasteiger partial charge in [-0.1, -0.05) is 0 Å². The number of piperidine rings is 1. The number of nitrogens with zero attached hydrogens (tertiary/aromatic N) is 5. The van der Waals surface area contributed by atoms with Crippen molar-refractivity contribution in [1.82, 2.24) is 25.7 Å². The Hall–Kier alpha value is -2.74. The summed E-state index contributed by atoms with van der Waals surface area (Å²) in [6.07, 6.45) is 5.49. The molecule has 3 aromatic heterocycles. The van der Waals surface area contributed by atoms with Gasteiger partial charge < -0.3 is 19.1 Å². The van der Waals surface area contributed by atoms with Crippen LogP contribution in [-0.4, -0.2) is 39.5 Å². The molecule has 0 amide bonds. The maximum absolute atomic E-state index is 5.62. The summed E-state index contributed by atoms with van der Waals surface area (Å²) < 4.78 is 10.9. The van der Waals surface area contributed by atoms with Gasteiger partial charge in [0.25, 0.3) is 5.89 Å². The number of hydrogen-bond donors (Lipinski definition) is 1. The Morgan fingerprint density at radius 2 is 2.21 bits per heavy atom. The van der Waals surface area contributed by atoms with Crippen LogP contribution >= 0.6 is 0 Å². The van der Waals surface area contributed by atoms with E-state index in [4.69, 9.17) is 8.83 Å². The van der Waals surface area contributed by atoms with Crippen LogP contribution in [0.25, 0.3) is 11.7 Å². The lowest BCUT2D eigenvalue weighted by molar-refractivity contribution is 0.388. The average molecular weight is 326 g/mol. The molecule has 8 nitrogen and oxygen atoms in total. The summed E-state index contributed by atoms with van der Waals surface area (Å²) in [6.45, 7) is 2.42. The molecule has 0 aliphatic carbocycles. The lowest BCUT2D eigenvalue weighted by Crippen LogP contribution is -2.45. The second-order valence-electron chi connectivity index (χ2n) is 5.73. The van der Waals surface area contributed by atoms with Crippen molar-refractivity contribution in [2.24, 2.45) is 0 Å². The highest BCUT2D eigenvalue weighted by Gasteiger charge is 2.21. The molecule has 1 atom stereocenters. The van der Waals surface area contributed by atoms with E-state index in [1.807, 2.05) is 12.1 Å². The maximum atomic E-state index is 5.62. The van der Waals surface area contributed by atoms with E-state index in [2.05, 4.69) is 30.6 Å². The van der Waals surface area contributed by atoms with Crippen LogP contribution in [0.4, 0.5) is 5.82 Å².